The summed E-state index contributed by atoms with van der Waals surface area (Å²) in [5.41, 5.74) is 1.33. The van der Waals surface area contributed by atoms with Crippen molar-refractivity contribution in [3.63, 3.8) is 0 Å². The highest BCUT2D eigenvalue weighted by Crippen LogP contribution is 2.18. The van der Waals surface area contributed by atoms with E-state index in [0.717, 1.165) is 13.1 Å². The zero-order valence-corrected chi connectivity index (χ0v) is 13.4. The average molecular weight is 336 g/mol. The van der Waals surface area contributed by atoms with Crippen LogP contribution in [0.25, 0.3) is 0 Å². The Labute approximate surface area is 144 Å². The predicted molar refractivity (Wildman–Crippen MR) is 91.1 cm³/mol. The molecule has 9 heteroatoms. The quantitative estimate of drug-likeness (QED) is 0.660. The first-order valence-corrected chi connectivity index (χ1v) is 7.68. The van der Waals surface area contributed by atoms with Gasteiger partial charge in [0.25, 0.3) is 0 Å². The lowest BCUT2D eigenvalue weighted by molar-refractivity contribution is 0.0372. The molecule has 9 nitrogen and oxygen atoms in total. The van der Waals surface area contributed by atoms with Crippen LogP contribution in [0.4, 0.5) is 17.3 Å². The van der Waals surface area contributed by atoms with E-state index in [1.165, 1.54) is 12.4 Å². The van der Waals surface area contributed by atoms with E-state index in [1.807, 2.05) is 6.07 Å². The molecule has 3 rings (SSSR count). The van der Waals surface area contributed by atoms with Gasteiger partial charge in [0.1, 0.15) is 11.9 Å². The second kappa shape index (κ2) is 8.02. The Kier molecular flexibility index (Phi) is 5.32. The fourth-order valence-corrected chi connectivity index (χ4v) is 2.25. The maximum Gasteiger partial charge on any atom is 0.158 e. The third-order valence-corrected chi connectivity index (χ3v) is 3.48. The molecule has 2 aromatic rings. The van der Waals surface area contributed by atoms with Gasteiger partial charge in [0.2, 0.25) is 0 Å². The van der Waals surface area contributed by atoms with Crippen molar-refractivity contribution in [3.8, 4) is 18.4 Å². The first kappa shape index (κ1) is 16.6. The summed E-state index contributed by atoms with van der Waals surface area (Å²) in [6, 6.07) is 3.66. The van der Waals surface area contributed by atoms with Crippen LogP contribution in [0.3, 0.4) is 0 Å². The van der Waals surface area contributed by atoms with Crippen LogP contribution < -0.4 is 16.0 Å². The van der Waals surface area contributed by atoms with E-state index in [2.05, 4.69) is 42.0 Å². The minimum absolute atomic E-state index is 0.0633. The van der Waals surface area contributed by atoms with Gasteiger partial charge in [-0.15, -0.1) is 16.6 Å². The van der Waals surface area contributed by atoms with Gasteiger partial charge in [-0.2, -0.15) is 5.26 Å². The molecular weight excluding hydrogens is 320 g/mol. The number of ether oxygens (including phenoxy) is 1. The Bertz CT molecular complexity index is 802. The second-order valence-corrected chi connectivity index (χ2v) is 5.24. The van der Waals surface area contributed by atoms with Gasteiger partial charge in [0.05, 0.1) is 30.8 Å². The van der Waals surface area contributed by atoms with Gasteiger partial charge in [0, 0.05) is 25.7 Å². The Morgan fingerprint density at radius 2 is 2.24 bits per heavy atom. The van der Waals surface area contributed by atoms with E-state index >= 15 is 0 Å². The molecule has 3 heterocycles. The first-order chi connectivity index (χ1) is 12.3. The van der Waals surface area contributed by atoms with Gasteiger partial charge >= 0.3 is 0 Å². The normalized spacial score (nSPS) is 16.5. The molecule has 0 spiro atoms. The Hall–Kier alpha value is -3.27. The van der Waals surface area contributed by atoms with Crippen LogP contribution in [0, 0.1) is 23.7 Å². The second-order valence-electron chi connectivity index (χ2n) is 5.24. The molecular formula is C16H16N8O. The molecule has 0 saturated carbocycles. The molecule has 2 aromatic heterocycles. The summed E-state index contributed by atoms with van der Waals surface area (Å²) in [5, 5.41) is 26.3. The van der Waals surface area contributed by atoms with Crippen LogP contribution in [0.2, 0.25) is 0 Å². The summed E-state index contributed by atoms with van der Waals surface area (Å²) in [4.78, 5) is 8.02. The van der Waals surface area contributed by atoms with Crippen molar-refractivity contribution in [1.82, 2.24) is 25.5 Å². The molecule has 1 aliphatic rings. The minimum Gasteiger partial charge on any atom is -0.380 e. The SMILES string of the molecule is C#Cc1nnc(Nc2cnc(C#N)cn2)cc1NC[C@@H]1CNCCO1. The molecule has 126 valence electrons. The van der Waals surface area contributed by atoms with Crippen LogP contribution in [0.15, 0.2) is 18.5 Å². The number of anilines is 3. The molecule has 0 amide bonds. The van der Waals surface area contributed by atoms with Gasteiger partial charge in [0.15, 0.2) is 17.2 Å². The van der Waals surface area contributed by atoms with Crippen LogP contribution in [-0.4, -0.2) is 52.5 Å². The van der Waals surface area contributed by atoms with Gasteiger partial charge in [-0.05, 0) is 5.92 Å². The van der Waals surface area contributed by atoms with Crippen LogP contribution >= 0.6 is 0 Å². The molecule has 25 heavy (non-hydrogen) atoms. The van der Waals surface area contributed by atoms with Crippen molar-refractivity contribution in [2.24, 2.45) is 0 Å². The molecule has 0 bridgehead atoms. The number of aromatic nitrogens is 4. The standard InChI is InChI=1S/C16H16N8O/c1-2-13-14(20-9-12-8-18-3-4-25-12)5-15(24-23-13)22-16-10-19-11(6-17)7-21-16/h1,5,7,10,12,18H,3-4,8-9H2,(H2,20,21,22,24)/t12-/m0/s1. The number of nitriles is 1. The zero-order valence-electron chi connectivity index (χ0n) is 13.4. The summed E-state index contributed by atoms with van der Waals surface area (Å²) < 4.78 is 5.65. The fourth-order valence-electron chi connectivity index (χ4n) is 2.25. The third-order valence-electron chi connectivity index (χ3n) is 3.48. The highest BCUT2D eigenvalue weighted by molar-refractivity contribution is 5.62. The maximum atomic E-state index is 8.74. The van der Waals surface area contributed by atoms with Gasteiger partial charge in [-0.1, -0.05) is 0 Å². The number of terminal acetylenes is 1. The molecule has 1 fully saturated rings. The molecule has 1 atom stereocenters. The lowest BCUT2D eigenvalue weighted by Crippen LogP contribution is -2.42. The summed E-state index contributed by atoms with van der Waals surface area (Å²) >= 11 is 0. The van der Waals surface area contributed by atoms with Crippen molar-refractivity contribution in [1.29, 1.82) is 5.26 Å². The van der Waals surface area contributed by atoms with Gasteiger partial charge in [-0.3, -0.25) is 0 Å². The number of hydrogen-bond donors (Lipinski definition) is 3. The Balaban J connectivity index is 1.70. The highest BCUT2D eigenvalue weighted by Gasteiger charge is 2.14. The summed E-state index contributed by atoms with van der Waals surface area (Å²) in [7, 11) is 0. The summed E-state index contributed by atoms with van der Waals surface area (Å²) in [6.07, 6.45) is 8.37. The number of nitrogens with zero attached hydrogens (tertiary/aromatic N) is 5. The molecule has 1 saturated heterocycles. The van der Waals surface area contributed by atoms with Crippen LogP contribution in [0.5, 0.6) is 0 Å². The first-order valence-electron chi connectivity index (χ1n) is 7.68. The molecule has 3 N–H and O–H groups in total. The van der Waals surface area contributed by atoms with Crippen molar-refractivity contribution < 1.29 is 4.74 Å². The van der Waals surface area contributed by atoms with Crippen molar-refractivity contribution in [2.45, 2.75) is 6.10 Å². The Morgan fingerprint density at radius 1 is 1.32 bits per heavy atom. The number of nitrogens with one attached hydrogen (secondary N) is 3. The fraction of sp³-hybridized carbons (Fsp3) is 0.312. The lowest BCUT2D eigenvalue weighted by Gasteiger charge is -2.24. The van der Waals surface area contributed by atoms with Gasteiger partial charge in [-0.25, -0.2) is 9.97 Å². The highest BCUT2D eigenvalue weighted by atomic mass is 16.5. The molecule has 0 unspecified atom stereocenters. The van der Waals surface area contributed by atoms with Crippen molar-refractivity contribution in [2.75, 3.05) is 36.9 Å². The largest absolute Gasteiger partial charge is 0.380 e. The Morgan fingerprint density at radius 3 is 2.92 bits per heavy atom. The maximum absolute atomic E-state index is 8.74. The van der Waals surface area contributed by atoms with E-state index in [9.17, 15) is 0 Å². The summed E-state index contributed by atoms with van der Waals surface area (Å²) in [6.45, 7) is 2.93. The number of morpholine rings is 1. The van der Waals surface area contributed by atoms with E-state index in [0.29, 0.717) is 36.2 Å². The van der Waals surface area contributed by atoms with E-state index in [1.54, 1.807) is 6.07 Å². The lowest BCUT2D eigenvalue weighted by atomic mass is 10.2. The summed E-state index contributed by atoms with van der Waals surface area (Å²) in [5.74, 6) is 3.42. The molecule has 0 aromatic carbocycles. The molecule has 1 aliphatic heterocycles. The van der Waals surface area contributed by atoms with E-state index < -0.39 is 0 Å². The van der Waals surface area contributed by atoms with E-state index in [4.69, 9.17) is 16.4 Å². The topological polar surface area (TPSA) is 121 Å². The van der Waals surface area contributed by atoms with Gasteiger partial charge < -0.3 is 20.7 Å². The van der Waals surface area contributed by atoms with Crippen molar-refractivity contribution >= 4 is 17.3 Å². The number of hydrogen-bond acceptors (Lipinski definition) is 9. The van der Waals surface area contributed by atoms with Crippen molar-refractivity contribution in [3.05, 3.63) is 29.8 Å². The van der Waals surface area contributed by atoms with Crippen LogP contribution in [0.1, 0.15) is 11.4 Å². The smallest absolute Gasteiger partial charge is 0.158 e. The molecule has 0 radical (unpaired) electrons. The third kappa shape index (κ3) is 4.38. The predicted octanol–water partition coefficient (Wildman–Crippen LogP) is 0.263. The average Bonchev–Trinajstić information content (AvgIpc) is 2.68. The monoisotopic (exact) mass is 336 g/mol. The van der Waals surface area contributed by atoms with E-state index in [-0.39, 0.29) is 11.8 Å². The zero-order chi connectivity index (χ0) is 17.5. The molecule has 0 aliphatic carbocycles. The minimum atomic E-state index is 0.0633. The van der Waals surface area contributed by atoms with Crippen LogP contribution in [-0.2, 0) is 4.74 Å². The number of rotatable bonds is 5.